The van der Waals surface area contributed by atoms with E-state index in [9.17, 15) is 18.0 Å². The van der Waals surface area contributed by atoms with Gasteiger partial charge in [0.05, 0.1) is 16.5 Å². The molecule has 1 N–H and O–H groups in total. The highest BCUT2D eigenvalue weighted by Crippen LogP contribution is 2.38. The lowest BCUT2D eigenvalue weighted by molar-refractivity contribution is -0.137. The van der Waals surface area contributed by atoms with Crippen molar-refractivity contribution in [2.24, 2.45) is 0 Å². The number of aromatic nitrogens is 2. The second-order valence-corrected chi connectivity index (χ2v) is 9.03. The highest BCUT2D eigenvalue weighted by Gasteiger charge is 2.34. The number of halogens is 3. The fourth-order valence-corrected chi connectivity index (χ4v) is 4.93. The molecule has 0 spiro atoms. The Labute approximate surface area is 184 Å². The van der Waals surface area contributed by atoms with Gasteiger partial charge in [-0.05, 0) is 30.7 Å². The summed E-state index contributed by atoms with van der Waals surface area (Å²) in [6, 6.07) is 16.7. The molecule has 31 heavy (non-hydrogen) atoms. The summed E-state index contributed by atoms with van der Waals surface area (Å²) in [6.45, 7) is 1.63. The van der Waals surface area contributed by atoms with E-state index < -0.39 is 22.9 Å². The van der Waals surface area contributed by atoms with Crippen LogP contribution in [-0.4, -0.2) is 21.1 Å². The summed E-state index contributed by atoms with van der Waals surface area (Å²) in [5, 5.41) is 3.15. The van der Waals surface area contributed by atoms with Crippen LogP contribution in [0, 0.1) is 0 Å². The Morgan fingerprint density at radius 1 is 1.06 bits per heavy atom. The fraction of sp³-hybridized carbons (Fsp3) is 0.136. The Balaban J connectivity index is 1.56. The number of fused-ring (bicyclic) bond motifs is 1. The van der Waals surface area contributed by atoms with E-state index in [4.69, 9.17) is 0 Å². The molecule has 0 aliphatic heterocycles. The predicted octanol–water partition coefficient (Wildman–Crippen LogP) is 6.50. The van der Waals surface area contributed by atoms with E-state index in [2.05, 4.69) is 15.3 Å². The lowest BCUT2D eigenvalue weighted by Gasteiger charge is -2.16. The van der Waals surface area contributed by atoms with Gasteiger partial charge < -0.3 is 5.32 Å². The number of anilines is 1. The summed E-state index contributed by atoms with van der Waals surface area (Å²) in [4.78, 5) is 23.0. The van der Waals surface area contributed by atoms with E-state index in [-0.39, 0.29) is 5.69 Å². The van der Waals surface area contributed by atoms with Gasteiger partial charge in [0.2, 0.25) is 5.91 Å². The van der Waals surface area contributed by atoms with Crippen LogP contribution in [0.2, 0.25) is 0 Å². The molecule has 4 aromatic rings. The second-order valence-electron chi connectivity index (χ2n) is 6.67. The van der Waals surface area contributed by atoms with Crippen LogP contribution in [-0.2, 0) is 11.0 Å². The molecule has 2 aromatic heterocycles. The number of para-hydroxylation sites is 1. The van der Waals surface area contributed by atoms with Gasteiger partial charge in [0, 0.05) is 10.3 Å². The summed E-state index contributed by atoms with van der Waals surface area (Å²) in [5.41, 5.74) is -0.0894. The number of hydrogen-bond acceptors (Lipinski definition) is 5. The molecule has 1 amide bonds. The van der Waals surface area contributed by atoms with Gasteiger partial charge in [-0.2, -0.15) is 13.2 Å². The van der Waals surface area contributed by atoms with Crippen LogP contribution in [0.4, 0.5) is 18.9 Å². The van der Waals surface area contributed by atoms with Crippen molar-refractivity contribution in [3.63, 3.8) is 0 Å². The first-order valence-electron chi connectivity index (χ1n) is 9.26. The maximum atomic E-state index is 13.2. The average molecular weight is 460 g/mol. The molecule has 158 valence electrons. The van der Waals surface area contributed by atoms with Crippen molar-refractivity contribution >= 4 is 44.9 Å². The first-order valence-corrected chi connectivity index (χ1v) is 11.0. The van der Waals surface area contributed by atoms with Crippen LogP contribution in [0.1, 0.15) is 12.5 Å². The molecule has 9 heteroatoms. The van der Waals surface area contributed by atoms with E-state index in [1.54, 1.807) is 6.92 Å². The molecule has 0 bridgehead atoms. The van der Waals surface area contributed by atoms with Gasteiger partial charge in [-0.3, -0.25) is 4.79 Å². The maximum Gasteiger partial charge on any atom is 0.418 e. The van der Waals surface area contributed by atoms with Crippen LogP contribution in [0.3, 0.4) is 0 Å². The Morgan fingerprint density at radius 2 is 1.77 bits per heavy atom. The molecule has 2 heterocycles. The van der Waals surface area contributed by atoms with Crippen LogP contribution < -0.4 is 5.32 Å². The summed E-state index contributed by atoms with van der Waals surface area (Å²) >= 11 is 2.70. The van der Waals surface area contributed by atoms with Gasteiger partial charge in [0.25, 0.3) is 0 Å². The van der Waals surface area contributed by atoms with Gasteiger partial charge in [0.1, 0.15) is 16.2 Å². The molecule has 0 fully saturated rings. The third-order valence-electron chi connectivity index (χ3n) is 4.50. The fourth-order valence-electron chi connectivity index (χ4n) is 2.97. The van der Waals surface area contributed by atoms with E-state index in [0.717, 1.165) is 26.7 Å². The number of amides is 1. The van der Waals surface area contributed by atoms with E-state index in [0.29, 0.717) is 5.03 Å². The predicted molar refractivity (Wildman–Crippen MR) is 118 cm³/mol. The monoisotopic (exact) mass is 459 g/mol. The number of nitrogens with zero attached hydrogens (tertiary/aromatic N) is 2. The lowest BCUT2D eigenvalue weighted by atomic mass is 10.1. The smallest absolute Gasteiger partial charge is 0.325 e. The Bertz CT molecular complexity index is 1230. The SMILES string of the molecule is C[C@@H](Sc1ncnc2sc(-c3ccccc3)cc12)C(=O)Nc1ccccc1C(F)(F)F. The Morgan fingerprint density at radius 3 is 2.52 bits per heavy atom. The van der Waals surface area contributed by atoms with Gasteiger partial charge in [-0.15, -0.1) is 11.3 Å². The van der Waals surface area contributed by atoms with Crippen molar-refractivity contribution in [2.75, 3.05) is 5.32 Å². The van der Waals surface area contributed by atoms with E-state index >= 15 is 0 Å². The van der Waals surface area contributed by atoms with Crippen molar-refractivity contribution in [3.05, 3.63) is 72.6 Å². The second kappa shape index (κ2) is 8.68. The normalized spacial score (nSPS) is 12.6. The molecule has 1 atom stereocenters. The minimum Gasteiger partial charge on any atom is -0.325 e. The quantitative estimate of drug-likeness (QED) is 0.274. The average Bonchev–Trinajstić information content (AvgIpc) is 3.19. The number of nitrogens with one attached hydrogen (secondary N) is 1. The minimum atomic E-state index is -4.55. The van der Waals surface area contributed by atoms with E-state index in [1.165, 1.54) is 47.6 Å². The number of thiophene rings is 1. The number of rotatable bonds is 5. The van der Waals surface area contributed by atoms with Gasteiger partial charge in [-0.25, -0.2) is 9.97 Å². The standard InChI is InChI=1S/C22H16F3N3OS2/c1-13(19(29)28-17-10-6-5-9-16(17)22(23,24)25)30-20-15-11-18(14-7-3-2-4-8-14)31-21(15)27-12-26-20/h2-13H,1H3,(H,28,29)/t13-/m1/s1. The molecule has 0 aliphatic carbocycles. The number of carbonyl (C=O) groups excluding carboxylic acids is 1. The zero-order valence-electron chi connectivity index (χ0n) is 16.2. The zero-order chi connectivity index (χ0) is 22.0. The maximum absolute atomic E-state index is 13.2. The number of carbonyl (C=O) groups is 1. The van der Waals surface area contributed by atoms with Crippen molar-refractivity contribution in [2.45, 2.75) is 23.4 Å². The van der Waals surface area contributed by atoms with Crippen molar-refractivity contribution < 1.29 is 18.0 Å². The molecule has 0 saturated heterocycles. The molecule has 0 aliphatic rings. The van der Waals surface area contributed by atoms with Crippen LogP contribution in [0.5, 0.6) is 0 Å². The van der Waals surface area contributed by atoms with Gasteiger partial charge in [-0.1, -0.05) is 54.2 Å². The first-order chi connectivity index (χ1) is 14.8. The van der Waals surface area contributed by atoms with Crippen molar-refractivity contribution in [1.82, 2.24) is 9.97 Å². The molecule has 4 rings (SSSR count). The summed E-state index contributed by atoms with van der Waals surface area (Å²) in [7, 11) is 0. The summed E-state index contributed by atoms with van der Waals surface area (Å²) in [6.07, 6.45) is -3.12. The lowest BCUT2D eigenvalue weighted by Crippen LogP contribution is -2.24. The van der Waals surface area contributed by atoms with E-state index in [1.807, 2.05) is 36.4 Å². The Hall–Kier alpha value is -2.91. The molecule has 0 radical (unpaired) electrons. The molecular formula is C22H16F3N3OS2. The molecule has 4 nitrogen and oxygen atoms in total. The van der Waals surface area contributed by atoms with Gasteiger partial charge in [0.15, 0.2) is 0 Å². The highest BCUT2D eigenvalue weighted by molar-refractivity contribution is 8.00. The summed E-state index contributed by atoms with van der Waals surface area (Å²) in [5.74, 6) is -0.535. The van der Waals surface area contributed by atoms with Crippen LogP contribution in [0.25, 0.3) is 20.7 Å². The number of hydrogen-bond donors (Lipinski definition) is 1. The van der Waals surface area contributed by atoms with Crippen LogP contribution >= 0.6 is 23.1 Å². The molecule has 2 aromatic carbocycles. The third kappa shape index (κ3) is 4.72. The zero-order valence-corrected chi connectivity index (χ0v) is 17.8. The largest absolute Gasteiger partial charge is 0.418 e. The molecular weight excluding hydrogens is 443 g/mol. The number of thioether (sulfide) groups is 1. The number of alkyl halides is 3. The van der Waals surface area contributed by atoms with Crippen molar-refractivity contribution in [1.29, 1.82) is 0 Å². The summed E-state index contributed by atoms with van der Waals surface area (Å²) < 4.78 is 39.6. The topological polar surface area (TPSA) is 54.9 Å². The minimum absolute atomic E-state index is 0.262. The highest BCUT2D eigenvalue weighted by atomic mass is 32.2. The van der Waals surface area contributed by atoms with Crippen molar-refractivity contribution in [3.8, 4) is 10.4 Å². The molecule has 0 unspecified atom stereocenters. The third-order valence-corrected chi connectivity index (χ3v) is 6.71. The molecule has 0 saturated carbocycles. The number of benzene rings is 2. The van der Waals surface area contributed by atoms with Crippen LogP contribution in [0.15, 0.2) is 72.0 Å². The first kappa shape index (κ1) is 21.3. The Kier molecular flexibility index (Phi) is 5.97. The van der Waals surface area contributed by atoms with Gasteiger partial charge >= 0.3 is 6.18 Å².